The molecule has 196 valence electrons. The number of halogens is 1. The van der Waals surface area contributed by atoms with Crippen LogP contribution in [0.4, 0.5) is 0 Å². The summed E-state index contributed by atoms with van der Waals surface area (Å²) in [7, 11) is -3.98. The van der Waals surface area contributed by atoms with Gasteiger partial charge in [0, 0.05) is 18.1 Å². The molecule has 0 aliphatic carbocycles. The fourth-order valence-electron chi connectivity index (χ4n) is 4.92. The summed E-state index contributed by atoms with van der Waals surface area (Å²) in [4.78, 5) is 15.5. The predicted molar refractivity (Wildman–Crippen MR) is 149 cm³/mol. The summed E-state index contributed by atoms with van der Waals surface area (Å²) < 4.78 is 29.8. The molecule has 3 N–H and O–H groups in total. The van der Waals surface area contributed by atoms with Crippen LogP contribution in [0.3, 0.4) is 0 Å². The number of likely N-dealkylation sites (tertiary alicyclic amines) is 1. The van der Waals surface area contributed by atoms with E-state index in [1.54, 1.807) is 35.2 Å². The molecule has 8 heteroatoms. The van der Waals surface area contributed by atoms with E-state index in [1.807, 2.05) is 49.4 Å². The maximum Gasteiger partial charge on any atom is 0.241 e. The lowest BCUT2D eigenvalue weighted by molar-refractivity contribution is -0.134. The Hall–Kier alpha value is -2.71. The largest absolute Gasteiger partial charge is 0.341 e. The first-order valence-electron chi connectivity index (χ1n) is 12.7. The van der Waals surface area contributed by atoms with Crippen molar-refractivity contribution in [3.8, 4) is 11.1 Å². The number of hydrogen-bond acceptors (Lipinski definition) is 4. The SMILES string of the molecule is Cc1cccc(CC(NS(=O)(=O)c2cccc(-c3cccc(Cl)c3)c2)C(=O)N2CCC(CCN)CC2)c1. The number of benzene rings is 3. The van der Waals surface area contributed by atoms with E-state index in [2.05, 4.69) is 4.72 Å². The van der Waals surface area contributed by atoms with Gasteiger partial charge >= 0.3 is 0 Å². The minimum atomic E-state index is -3.98. The molecule has 3 aromatic rings. The Labute approximate surface area is 224 Å². The summed E-state index contributed by atoms with van der Waals surface area (Å²) in [6, 6.07) is 20.9. The molecular weight excluding hydrogens is 506 g/mol. The summed E-state index contributed by atoms with van der Waals surface area (Å²) in [5.74, 6) is 0.317. The highest BCUT2D eigenvalue weighted by atomic mass is 35.5. The van der Waals surface area contributed by atoms with Gasteiger partial charge in [-0.15, -0.1) is 0 Å². The van der Waals surface area contributed by atoms with Gasteiger partial charge in [-0.3, -0.25) is 4.79 Å². The molecule has 3 aromatic carbocycles. The average Bonchev–Trinajstić information content (AvgIpc) is 2.88. The predicted octanol–water partition coefficient (Wildman–Crippen LogP) is 4.79. The lowest BCUT2D eigenvalue weighted by Gasteiger charge is -2.34. The summed E-state index contributed by atoms with van der Waals surface area (Å²) in [5, 5.41) is 0.572. The molecule has 0 spiro atoms. The third kappa shape index (κ3) is 7.20. The number of aryl methyl sites for hydroxylation is 1. The van der Waals surface area contributed by atoms with Gasteiger partial charge in [0.15, 0.2) is 0 Å². The van der Waals surface area contributed by atoms with Crippen LogP contribution in [0.15, 0.2) is 77.7 Å². The first-order valence-corrected chi connectivity index (χ1v) is 14.5. The number of nitrogens with two attached hydrogens (primary N) is 1. The van der Waals surface area contributed by atoms with Crippen LogP contribution in [-0.4, -0.2) is 44.9 Å². The van der Waals surface area contributed by atoms with Crippen LogP contribution < -0.4 is 10.5 Å². The van der Waals surface area contributed by atoms with Crippen LogP contribution in [0.2, 0.25) is 5.02 Å². The molecule has 1 heterocycles. The van der Waals surface area contributed by atoms with Gasteiger partial charge in [-0.2, -0.15) is 4.72 Å². The van der Waals surface area contributed by atoms with Crippen molar-refractivity contribution >= 4 is 27.5 Å². The van der Waals surface area contributed by atoms with E-state index < -0.39 is 16.1 Å². The topological polar surface area (TPSA) is 92.5 Å². The minimum absolute atomic E-state index is 0.105. The number of amides is 1. The maximum absolute atomic E-state index is 13.6. The first-order chi connectivity index (χ1) is 17.7. The number of nitrogens with zero attached hydrogens (tertiary/aromatic N) is 1. The normalized spacial score (nSPS) is 15.5. The third-order valence-corrected chi connectivity index (χ3v) is 8.63. The Bertz CT molecular complexity index is 1340. The molecule has 1 unspecified atom stereocenters. The second kappa shape index (κ2) is 12.2. The number of carbonyl (C=O) groups excluding carboxylic acids is 1. The fourth-order valence-corrected chi connectivity index (χ4v) is 6.34. The van der Waals surface area contributed by atoms with Gasteiger partial charge in [0.05, 0.1) is 4.90 Å². The average molecular weight is 540 g/mol. The second-order valence-electron chi connectivity index (χ2n) is 9.75. The maximum atomic E-state index is 13.6. The highest BCUT2D eigenvalue weighted by molar-refractivity contribution is 7.89. The summed E-state index contributed by atoms with van der Waals surface area (Å²) >= 11 is 6.14. The van der Waals surface area contributed by atoms with Gasteiger partial charge in [0.1, 0.15) is 6.04 Å². The molecule has 37 heavy (non-hydrogen) atoms. The highest BCUT2D eigenvalue weighted by Crippen LogP contribution is 2.26. The molecule has 0 radical (unpaired) electrons. The highest BCUT2D eigenvalue weighted by Gasteiger charge is 2.32. The number of hydrogen-bond donors (Lipinski definition) is 2. The Kier molecular flexibility index (Phi) is 9.03. The molecular formula is C29H34ClN3O3S. The molecule has 1 atom stereocenters. The zero-order valence-electron chi connectivity index (χ0n) is 21.1. The number of carbonyl (C=O) groups is 1. The molecule has 1 aliphatic rings. The van der Waals surface area contributed by atoms with Crippen LogP contribution in [0.1, 0.15) is 30.4 Å². The van der Waals surface area contributed by atoms with Gasteiger partial charge in [0.2, 0.25) is 15.9 Å². The van der Waals surface area contributed by atoms with Crippen LogP contribution in [-0.2, 0) is 21.2 Å². The van der Waals surface area contributed by atoms with Crippen molar-refractivity contribution in [2.24, 2.45) is 11.7 Å². The van der Waals surface area contributed by atoms with E-state index in [9.17, 15) is 13.2 Å². The van der Waals surface area contributed by atoms with Crippen molar-refractivity contribution in [1.82, 2.24) is 9.62 Å². The Morgan fingerprint density at radius 3 is 2.38 bits per heavy atom. The monoisotopic (exact) mass is 539 g/mol. The molecule has 6 nitrogen and oxygen atoms in total. The van der Waals surface area contributed by atoms with Crippen molar-refractivity contribution in [2.75, 3.05) is 19.6 Å². The molecule has 1 amide bonds. The molecule has 1 aliphatic heterocycles. The van der Waals surface area contributed by atoms with Crippen LogP contribution >= 0.6 is 11.6 Å². The molecule has 0 bridgehead atoms. The number of sulfonamides is 1. The van der Waals surface area contributed by atoms with Crippen molar-refractivity contribution in [1.29, 1.82) is 0 Å². The molecule has 0 saturated carbocycles. The third-order valence-electron chi connectivity index (χ3n) is 6.92. The summed E-state index contributed by atoms with van der Waals surface area (Å²) in [6.45, 7) is 3.84. The van der Waals surface area contributed by atoms with Crippen molar-refractivity contribution in [3.63, 3.8) is 0 Å². The number of rotatable bonds is 9. The Morgan fingerprint density at radius 1 is 1.03 bits per heavy atom. The molecule has 0 aromatic heterocycles. The Morgan fingerprint density at radius 2 is 1.70 bits per heavy atom. The van der Waals surface area contributed by atoms with Crippen LogP contribution in [0.25, 0.3) is 11.1 Å². The van der Waals surface area contributed by atoms with Crippen molar-refractivity contribution in [3.05, 3.63) is 88.9 Å². The smallest absolute Gasteiger partial charge is 0.241 e. The number of piperidine rings is 1. The lowest BCUT2D eigenvalue weighted by atomic mass is 9.93. The zero-order valence-corrected chi connectivity index (χ0v) is 22.6. The zero-order chi connectivity index (χ0) is 26.4. The fraction of sp³-hybridized carbons (Fsp3) is 0.345. The van der Waals surface area contributed by atoms with E-state index in [0.29, 0.717) is 30.6 Å². The minimum Gasteiger partial charge on any atom is -0.341 e. The van der Waals surface area contributed by atoms with Crippen molar-refractivity contribution < 1.29 is 13.2 Å². The van der Waals surface area contributed by atoms with E-state index in [-0.39, 0.29) is 17.2 Å². The van der Waals surface area contributed by atoms with E-state index in [4.69, 9.17) is 17.3 Å². The van der Waals surface area contributed by atoms with Gasteiger partial charge in [-0.1, -0.05) is 65.7 Å². The van der Waals surface area contributed by atoms with Crippen LogP contribution in [0, 0.1) is 12.8 Å². The van der Waals surface area contributed by atoms with E-state index in [1.165, 1.54) is 0 Å². The molecule has 1 fully saturated rings. The van der Waals surface area contributed by atoms with Crippen molar-refractivity contribution in [2.45, 2.75) is 43.5 Å². The van der Waals surface area contributed by atoms with E-state index in [0.717, 1.165) is 41.5 Å². The quantitative estimate of drug-likeness (QED) is 0.409. The summed E-state index contributed by atoms with van der Waals surface area (Å²) in [5.41, 5.74) is 9.23. The van der Waals surface area contributed by atoms with Gasteiger partial charge in [0.25, 0.3) is 0 Å². The van der Waals surface area contributed by atoms with E-state index >= 15 is 0 Å². The van der Waals surface area contributed by atoms with Gasteiger partial charge in [-0.05, 0) is 86.0 Å². The molecule has 1 saturated heterocycles. The first kappa shape index (κ1) is 27.3. The lowest BCUT2D eigenvalue weighted by Crippen LogP contribution is -2.51. The van der Waals surface area contributed by atoms with Gasteiger partial charge in [-0.25, -0.2) is 8.42 Å². The van der Waals surface area contributed by atoms with Gasteiger partial charge < -0.3 is 10.6 Å². The summed E-state index contributed by atoms with van der Waals surface area (Å²) in [6.07, 6.45) is 2.99. The Balaban J connectivity index is 1.59. The number of nitrogens with one attached hydrogen (secondary N) is 1. The van der Waals surface area contributed by atoms with Crippen LogP contribution in [0.5, 0.6) is 0 Å². The standard InChI is InChI=1S/C29H34ClN3O3S/c1-21-5-2-6-23(17-21)18-28(29(34)33-15-12-22(11-14-31)13-16-33)32-37(35,36)27-10-4-8-25(20-27)24-7-3-9-26(30)19-24/h2-10,17,19-20,22,28,32H,11-16,18,31H2,1H3. The second-order valence-corrected chi connectivity index (χ2v) is 11.9. The molecule has 4 rings (SSSR count).